The predicted octanol–water partition coefficient (Wildman–Crippen LogP) is 1.10. The number of aryl methyl sites for hydroxylation is 2. The van der Waals surface area contributed by atoms with E-state index in [2.05, 4.69) is 10.00 Å². The number of nitrogens with zero attached hydrogens (tertiary/aromatic N) is 5. The zero-order chi connectivity index (χ0) is 18.7. The predicted molar refractivity (Wildman–Crippen MR) is 99.9 cm³/mol. The topological polar surface area (TPSA) is 63.4 Å². The van der Waals surface area contributed by atoms with Gasteiger partial charge in [-0.1, -0.05) is 0 Å². The number of piperidine rings is 1. The van der Waals surface area contributed by atoms with Crippen LogP contribution in [0.15, 0.2) is 35.5 Å². The molecule has 1 fully saturated rings. The van der Waals surface area contributed by atoms with E-state index in [0.717, 1.165) is 44.6 Å². The first-order valence-corrected chi connectivity index (χ1v) is 9.04. The summed E-state index contributed by atoms with van der Waals surface area (Å²) in [7, 11) is 5.44. The molecule has 1 amide bonds. The smallest absolute Gasteiger partial charge is 0.256 e. The molecule has 0 bridgehead atoms. The second kappa shape index (κ2) is 7.86. The highest BCUT2D eigenvalue weighted by molar-refractivity contribution is 5.93. The highest BCUT2D eigenvalue weighted by Crippen LogP contribution is 2.20. The van der Waals surface area contributed by atoms with Crippen molar-refractivity contribution in [2.75, 3.05) is 26.7 Å². The van der Waals surface area contributed by atoms with Crippen LogP contribution in [0.5, 0.6) is 0 Å². The standard InChI is InChI=1S/C19H27N5O2/c1-21-7-4-16(10-18(21)25)13-24-8-5-15(6-9-24)12-22(2)19(26)17-11-20-23(3)14-17/h4,7,10-11,14-15H,5-6,8-9,12-13H2,1-3H3. The number of aromatic nitrogens is 3. The van der Waals surface area contributed by atoms with Crippen molar-refractivity contribution in [3.05, 3.63) is 52.2 Å². The van der Waals surface area contributed by atoms with E-state index < -0.39 is 0 Å². The van der Waals surface area contributed by atoms with Gasteiger partial charge >= 0.3 is 0 Å². The molecular weight excluding hydrogens is 330 g/mol. The molecule has 0 aliphatic carbocycles. The van der Waals surface area contributed by atoms with E-state index >= 15 is 0 Å². The third-order valence-electron chi connectivity index (χ3n) is 5.11. The van der Waals surface area contributed by atoms with Gasteiger partial charge in [0.05, 0.1) is 11.8 Å². The molecular formula is C19H27N5O2. The van der Waals surface area contributed by atoms with Crippen molar-refractivity contribution in [2.45, 2.75) is 19.4 Å². The van der Waals surface area contributed by atoms with Gasteiger partial charge in [0.15, 0.2) is 0 Å². The van der Waals surface area contributed by atoms with Crippen LogP contribution in [0.25, 0.3) is 0 Å². The Morgan fingerprint density at radius 3 is 2.65 bits per heavy atom. The van der Waals surface area contributed by atoms with E-state index in [4.69, 9.17) is 0 Å². The van der Waals surface area contributed by atoms with E-state index in [1.165, 1.54) is 0 Å². The third-order valence-corrected chi connectivity index (χ3v) is 5.11. The van der Waals surface area contributed by atoms with Crippen molar-refractivity contribution in [1.82, 2.24) is 24.1 Å². The Labute approximate surface area is 153 Å². The number of carbonyl (C=O) groups is 1. The van der Waals surface area contributed by atoms with Crippen LogP contribution in [0, 0.1) is 5.92 Å². The van der Waals surface area contributed by atoms with Crippen molar-refractivity contribution in [1.29, 1.82) is 0 Å². The first kappa shape index (κ1) is 18.4. The van der Waals surface area contributed by atoms with Crippen molar-refractivity contribution < 1.29 is 4.79 Å². The van der Waals surface area contributed by atoms with Crippen molar-refractivity contribution >= 4 is 5.91 Å². The lowest BCUT2D eigenvalue weighted by atomic mass is 9.96. The lowest BCUT2D eigenvalue weighted by Crippen LogP contribution is -2.39. The molecule has 0 N–H and O–H groups in total. The van der Waals surface area contributed by atoms with Gasteiger partial charge in [0.2, 0.25) is 0 Å². The van der Waals surface area contributed by atoms with E-state index in [0.29, 0.717) is 11.5 Å². The minimum absolute atomic E-state index is 0.0284. The maximum atomic E-state index is 12.4. The number of rotatable bonds is 5. The van der Waals surface area contributed by atoms with Gasteiger partial charge in [0, 0.05) is 52.7 Å². The third kappa shape index (κ3) is 4.40. The van der Waals surface area contributed by atoms with E-state index in [1.54, 1.807) is 39.7 Å². The van der Waals surface area contributed by atoms with Gasteiger partial charge in [-0.3, -0.25) is 19.2 Å². The Hall–Kier alpha value is -2.41. The number of hydrogen-bond donors (Lipinski definition) is 0. The highest BCUT2D eigenvalue weighted by Gasteiger charge is 2.23. The molecule has 7 heteroatoms. The molecule has 26 heavy (non-hydrogen) atoms. The summed E-state index contributed by atoms with van der Waals surface area (Å²) in [6, 6.07) is 3.72. The minimum Gasteiger partial charge on any atom is -0.341 e. The fourth-order valence-corrected chi connectivity index (χ4v) is 3.50. The first-order chi connectivity index (χ1) is 12.4. The molecule has 7 nitrogen and oxygen atoms in total. The summed E-state index contributed by atoms with van der Waals surface area (Å²) in [5.41, 5.74) is 1.74. The van der Waals surface area contributed by atoms with Crippen molar-refractivity contribution in [3.63, 3.8) is 0 Å². The molecule has 2 aromatic rings. The van der Waals surface area contributed by atoms with E-state index in [9.17, 15) is 9.59 Å². The van der Waals surface area contributed by atoms with Gasteiger partial charge in [-0.15, -0.1) is 0 Å². The zero-order valence-corrected chi connectivity index (χ0v) is 15.8. The largest absolute Gasteiger partial charge is 0.341 e. The van der Waals surface area contributed by atoms with E-state index in [1.807, 2.05) is 26.4 Å². The van der Waals surface area contributed by atoms with Crippen LogP contribution in [0.3, 0.4) is 0 Å². The molecule has 0 atom stereocenters. The number of amides is 1. The summed E-state index contributed by atoms with van der Waals surface area (Å²) < 4.78 is 3.24. The van der Waals surface area contributed by atoms with Gasteiger partial charge in [-0.25, -0.2) is 0 Å². The maximum absolute atomic E-state index is 12.4. The first-order valence-electron chi connectivity index (χ1n) is 9.04. The van der Waals surface area contributed by atoms with Gasteiger partial charge in [0.1, 0.15) is 0 Å². The second-order valence-corrected chi connectivity index (χ2v) is 7.29. The van der Waals surface area contributed by atoms with Crippen LogP contribution in [0.4, 0.5) is 0 Å². The molecule has 3 heterocycles. The summed E-state index contributed by atoms with van der Waals surface area (Å²) in [5, 5.41) is 4.07. The lowest BCUT2D eigenvalue weighted by molar-refractivity contribution is 0.0737. The van der Waals surface area contributed by atoms with Gasteiger partial charge in [-0.05, 0) is 43.5 Å². The monoisotopic (exact) mass is 357 g/mol. The number of likely N-dealkylation sites (tertiary alicyclic amines) is 1. The fourth-order valence-electron chi connectivity index (χ4n) is 3.50. The summed E-state index contributed by atoms with van der Waals surface area (Å²) in [6.45, 7) is 3.57. The summed E-state index contributed by atoms with van der Waals surface area (Å²) >= 11 is 0. The Morgan fingerprint density at radius 2 is 2.04 bits per heavy atom. The molecule has 0 aromatic carbocycles. The Bertz CT molecular complexity index is 817. The van der Waals surface area contributed by atoms with Crippen LogP contribution in [0.2, 0.25) is 0 Å². The Balaban J connectivity index is 1.48. The summed E-state index contributed by atoms with van der Waals surface area (Å²) in [5.74, 6) is 0.543. The highest BCUT2D eigenvalue weighted by atomic mass is 16.2. The molecule has 140 valence electrons. The number of pyridine rings is 1. The summed E-state index contributed by atoms with van der Waals surface area (Å²) in [4.78, 5) is 28.4. The molecule has 1 aliphatic heterocycles. The number of hydrogen-bond acceptors (Lipinski definition) is 4. The molecule has 0 spiro atoms. The molecule has 0 radical (unpaired) electrons. The average molecular weight is 357 g/mol. The van der Waals surface area contributed by atoms with Crippen molar-refractivity contribution in [3.8, 4) is 0 Å². The molecule has 1 saturated heterocycles. The van der Waals surface area contributed by atoms with Crippen LogP contribution >= 0.6 is 0 Å². The normalized spacial score (nSPS) is 16.0. The summed E-state index contributed by atoms with van der Waals surface area (Å²) in [6.07, 6.45) is 7.32. The minimum atomic E-state index is 0.0284. The van der Waals surface area contributed by atoms with Gasteiger partial charge < -0.3 is 9.47 Å². The average Bonchev–Trinajstić information content (AvgIpc) is 3.05. The van der Waals surface area contributed by atoms with Crippen LogP contribution in [0.1, 0.15) is 28.8 Å². The van der Waals surface area contributed by atoms with Gasteiger partial charge in [-0.2, -0.15) is 5.10 Å². The fraction of sp³-hybridized carbons (Fsp3) is 0.526. The molecule has 3 rings (SSSR count). The zero-order valence-electron chi connectivity index (χ0n) is 15.8. The van der Waals surface area contributed by atoms with E-state index in [-0.39, 0.29) is 11.5 Å². The SMILES string of the molecule is CN(CC1CCN(Cc2ccn(C)c(=O)c2)CC1)C(=O)c1cnn(C)c1. The Morgan fingerprint density at radius 1 is 1.31 bits per heavy atom. The van der Waals surface area contributed by atoms with Crippen molar-refractivity contribution in [2.24, 2.45) is 20.0 Å². The van der Waals surface area contributed by atoms with Crippen LogP contribution < -0.4 is 5.56 Å². The Kier molecular flexibility index (Phi) is 5.56. The van der Waals surface area contributed by atoms with Crippen LogP contribution in [-0.4, -0.2) is 56.7 Å². The molecule has 1 aliphatic rings. The second-order valence-electron chi connectivity index (χ2n) is 7.29. The molecule has 0 unspecified atom stereocenters. The quantitative estimate of drug-likeness (QED) is 0.804. The van der Waals surface area contributed by atoms with Crippen LogP contribution in [-0.2, 0) is 20.6 Å². The number of carbonyl (C=O) groups excluding carboxylic acids is 1. The lowest BCUT2D eigenvalue weighted by Gasteiger charge is -2.33. The maximum Gasteiger partial charge on any atom is 0.256 e. The molecule has 2 aromatic heterocycles. The molecule has 0 saturated carbocycles. The van der Waals surface area contributed by atoms with Gasteiger partial charge in [0.25, 0.3) is 11.5 Å².